The van der Waals surface area contributed by atoms with E-state index in [0.717, 1.165) is 42.9 Å². The fourth-order valence-corrected chi connectivity index (χ4v) is 4.70. The molecule has 3 nitrogen and oxygen atoms in total. The van der Waals surface area contributed by atoms with Crippen molar-refractivity contribution in [2.24, 2.45) is 0 Å². The van der Waals surface area contributed by atoms with E-state index in [0.29, 0.717) is 23.2 Å². The molecule has 1 atom stereocenters. The van der Waals surface area contributed by atoms with Crippen LogP contribution in [0.25, 0.3) is 0 Å². The standard InChI is InChI=1S/C22H25F2N2OS/c1-16-6-10-18(11-7-16)26-20-5-3-2-4-14-25(20)15-22(26,27)17-8-12-19(13-9-17)28-21(23)24/h6-13,21,27H,2-5,14-15H2,1H3/q+1/t22-/m0/s1. The Morgan fingerprint density at radius 2 is 1.75 bits per heavy atom. The van der Waals surface area contributed by atoms with Crippen LogP contribution in [-0.4, -0.2) is 34.4 Å². The first kappa shape index (κ1) is 19.4. The van der Waals surface area contributed by atoms with Crippen LogP contribution in [0.3, 0.4) is 0 Å². The van der Waals surface area contributed by atoms with E-state index in [4.69, 9.17) is 0 Å². The van der Waals surface area contributed by atoms with Crippen LogP contribution in [0.4, 0.5) is 14.5 Å². The van der Waals surface area contributed by atoms with Gasteiger partial charge in [-0.15, -0.1) is 0 Å². The molecule has 28 heavy (non-hydrogen) atoms. The maximum absolute atomic E-state index is 12.6. The van der Waals surface area contributed by atoms with Gasteiger partial charge in [-0.1, -0.05) is 41.6 Å². The minimum atomic E-state index is -2.45. The summed E-state index contributed by atoms with van der Waals surface area (Å²) in [4.78, 5) is 2.55. The first-order chi connectivity index (χ1) is 13.5. The van der Waals surface area contributed by atoms with Crippen molar-refractivity contribution in [1.29, 1.82) is 0 Å². The molecule has 0 unspecified atom stereocenters. The van der Waals surface area contributed by atoms with Gasteiger partial charge in [0.2, 0.25) is 0 Å². The zero-order chi connectivity index (χ0) is 19.7. The second-order valence-corrected chi connectivity index (χ2v) is 8.60. The monoisotopic (exact) mass is 403 g/mol. The highest BCUT2D eigenvalue weighted by Gasteiger charge is 2.53. The summed E-state index contributed by atoms with van der Waals surface area (Å²) in [5.74, 6) is -1.30. The lowest BCUT2D eigenvalue weighted by Crippen LogP contribution is -2.47. The topological polar surface area (TPSA) is 26.5 Å². The van der Waals surface area contributed by atoms with E-state index in [1.807, 2.05) is 24.0 Å². The highest BCUT2D eigenvalue weighted by atomic mass is 32.2. The van der Waals surface area contributed by atoms with E-state index in [-0.39, 0.29) is 0 Å². The number of thioether (sulfide) groups is 1. The first-order valence-corrected chi connectivity index (χ1v) is 10.6. The molecule has 2 aliphatic heterocycles. The quantitative estimate of drug-likeness (QED) is 0.577. The average Bonchev–Trinajstić information content (AvgIpc) is 2.79. The average molecular weight is 404 g/mol. The number of aryl methyl sites for hydroxylation is 1. The third-order valence-corrected chi connectivity index (χ3v) is 6.29. The SMILES string of the molecule is Cc1ccc(N2C3=[N+](CCCCC3)C[C@]2(O)c2ccc(SC(F)F)cc2)cc1. The van der Waals surface area contributed by atoms with Gasteiger partial charge in [-0.2, -0.15) is 13.7 Å². The largest absolute Gasteiger partial charge is 0.346 e. The number of hydrogen-bond donors (Lipinski definition) is 1. The van der Waals surface area contributed by atoms with E-state index in [1.165, 1.54) is 12.0 Å². The Bertz CT molecular complexity index is 867. The zero-order valence-corrected chi connectivity index (χ0v) is 16.8. The maximum atomic E-state index is 12.6. The molecule has 0 bridgehead atoms. The molecule has 0 radical (unpaired) electrons. The summed E-state index contributed by atoms with van der Waals surface area (Å²) in [5.41, 5.74) is 1.64. The molecular weight excluding hydrogens is 378 g/mol. The van der Waals surface area contributed by atoms with Gasteiger partial charge in [0.05, 0.1) is 6.54 Å². The Morgan fingerprint density at radius 1 is 1.04 bits per heavy atom. The van der Waals surface area contributed by atoms with Crippen molar-refractivity contribution < 1.29 is 18.5 Å². The van der Waals surface area contributed by atoms with Crippen LogP contribution in [0.1, 0.15) is 36.8 Å². The molecule has 0 aromatic heterocycles. The van der Waals surface area contributed by atoms with E-state index in [9.17, 15) is 13.9 Å². The predicted octanol–water partition coefficient (Wildman–Crippen LogP) is 4.96. The van der Waals surface area contributed by atoms with E-state index in [1.54, 1.807) is 24.3 Å². The van der Waals surface area contributed by atoms with Crippen LogP contribution < -0.4 is 4.90 Å². The lowest BCUT2D eigenvalue weighted by Gasteiger charge is -2.29. The van der Waals surface area contributed by atoms with Crippen LogP contribution in [0.2, 0.25) is 0 Å². The number of alkyl halides is 2. The van der Waals surface area contributed by atoms with Crippen molar-refractivity contribution >= 4 is 23.3 Å². The van der Waals surface area contributed by atoms with Gasteiger partial charge in [-0.3, -0.25) is 4.58 Å². The number of amidine groups is 1. The lowest BCUT2D eigenvalue weighted by atomic mass is 10.00. The molecule has 0 aliphatic carbocycles. The molecule has 0 amide bonds. The number of anilines is 1. The molecule has 2 aromatic rings. The molecular formula is C22H25F2N2OS+. The molecule has 2 heterocycles. The summed E-state index contributed by atoms with van der Waals surface area (Å²) in [6, 6.07) is 15.1. The summed E-state index contributed by atoms with van der Waals surface area (Å²) in [6.07, 6.45) is 4.34. The molecule has 4 rings (SSSR count). The van der Waals surface area contributed by atoms with Crippen LogP contribution in [-0.2, 0) is 5.72 Å². The van der Waals surface area contributed by atoms with Crippen molar-refractivity contribution in [3.05, 3.63) is 59.7 Å². The van der Waals surface area contributed by atoms with Crippen molar-refractivity contribution in [1.82, 2.24) is 0 Å². The summed E-state index contributed by atoms with van der Waals surface area (Å²) < 4.78 is 27.6. The zero-order valence-electron chi connectivity index (χ0n) is 15.9. The van der Waals surface area contributed by atoms with Gasteiger partial charge in [0.25, 0.3) is 17.3 Å². The summed E-state index contributed by atoms with van der Waals surface area (Å²) in [7, 11) is 0. The molecule has 2 aromatic carbocycles. The Morgan fingerprint density at radius 3 is 2.43 bits per heavy atom. The second-order valence-electron chi connectivity index (χ2n) is 7.54. The number of aliphatic hydroxyl groups is 1. The van der Waals surface area contributed by atoms with Crippen molar-refractivity contribution in [2.75, 3.05) is 18.0 Å². The third-order valence-electron chi connectivity index (χ3n) is 5.57. The minimum absolute atomic E-state index is 0.484. The van der Waals surface area contributed by atoms with Gasteiger partial charge in [-0.05, 0) is 50.5 Å². The molecule has 0 saturated heterocycles. The number of nitrogens with zero attached hydrogens (tertiary/aromatic N) is 2. The number of benzene rings is 2. The Balaban J connectivity index is 1.74. The third kappa shape index (κ3) is 3.67. The van der Waals surface area contributed by atoms with Gasteiger partial charge in [0.1, 0.15) is 5.69 Å². The minimum Gasteiger partial charge on any atom is -0.346 e. The first-order valence-electron chi connectivity index (χ1n) is 9.73. The molecule has 148 valence electrons. The van der Waals surface area contributed by atoms with E-state index >= 15 is 0 Å². The van der Waals surface area contributed by atoms with Gasteiger partial charge in [0, 0.05) is 16.9 Å². The number of rotatable bonds is 4. The molecule has 1 N–H and O–H groups in total. The number of halogens is 2. The van der Waals surface area contributed by atoms with Crippen molar-refractivity contribution in [3.63, 3.8) is 0 Å². The van der Waals surface area contributed by atoms with Gasteiger partial charge in [-0.25, -0.2) is 0 Å². The van der Waals surface area contributed by atoms with Crippen molar-refractivity contribution in [2.45, 2.75) is 49.0 Å². The van der Waals surface area contributed by atoms with Crippen LogP contribution in [0.5, 0.6) is 0 Å². The predicted molar refractivity (Wildman–Crippen MR) is 109 cm³/mol. The lowest BCUT2D eigenvalue weighted by molar-refractivity contribution is -0.534. The van der Waals surface area contributed by atoms with Gasteiger partial charge in [0.15, 0.2) is 6.54 Å². The van der Waals surface area contributed by atoms with Gasteiger partial charge >= 0.3 is 0 Å². The Kier molecular flexibility index (Phi) is 5.43. The fraction of sp³-hybridized carbons (Fsp3) is 0.409. The van der Waals surface area contributed by atoms with Crippen LogP contribution in [0, 0.1) is 6.92 Å². The highest BCUT2D eigenvalue weighted by Crippen LogP contribution is 2.38. The maximum Gasteiger partial charge on any atom is 0.288 e. The van der Waals surface area contributed by atoms with E-state index < -0.39 is 11.5 Å². The molecule has 0 spiro atoms. The van der Waals surface area contributed by atoms with Crippen LogP contribution >= 0.6 is 11.8 Å². The fourth-order valence-electron chi connectivity index (χ4n) is 4.20. The molecule has 0 saturated carbocycles. The molecule has 2 aliphatic rings. The number of hydrogen-bond acceptors (Lipinski definition) is 3. The van der Waals surface area contributed by atoms with Gasteiger partial charge < -0.3 is 5.11 Å². The summed E-state index contributed by atoms with van der Waals surface area (Å²) in [5, 5.41) is 11.8. The summed E-state index contributed by atoms with van der Waals surface area (Å²) >= 11 is 0.526. The highest BCUT2D eigenvalue weighted by molar-refractivity contribution is 7.99. The van der Waals surface area contributed by atoms with E-state index in [2.05, 4.69) is 16.7 Å². The summed E-state index contributed by atoms with van der Waals surface area (Å²) in [6.45, 7) is 3.46. The molecule has 0 fully saturated rings. The molecule has 6 heteroatoms. The second kappa shape index (κ2) is 7.84. The smallest absolute Gasteiger partial charge is 0.288 e. The normalized spacial score (nSPS) is 22.5. The van der Waals surface area contributed by atoms with Crippen molar-refractivity contribution in [3.8, 4) is 0 Å². The Labute approximate surface area is 168 Å². The van der Waals surface area contributed by atoms with Crippen LogP contribution in [0.15, 0.2) is 53.4 Å². The Hall–Kier alpha value is -1.92.